The first kappa shape index (κ1) is 11.0. The van der Waals surface area contributed by atoms with Crippen molar-refractivity contribution in [2.24, 2.45) is 0 Å². The third-order valence-corrected chi connectivity index (χ3v) is 0.667. The van der Waals surface area contributed by atoms with Gasteiger partial charge < -0.3 is 4.89 Å². The topological polar surface area (TPSA) is 37.3 Å². The van der Waals surface area contributed by atoms with E-state index in [0.29, 0.717) is 0 Å². The molecule has 0 aromatic heterocycles. The van der Waals surface area contributed by atoms with Crippen LogP contribution in [0.4, 0.5) is 0 Å². The number of benzene rings is 1. The standard InChI is InChI=1S/C6H6.Cl2HO2P/c1-2-4-6-5-3-1;1-5(2,3)4/h1-6H;(H,3,4). The van der Waals surface area contributed by atoms with Crippen molar-refractivity contribution in [2.75, 3.05) is 0 Å². The Hall–Kier alpha value is -0.0100. The van der Waals surface area contributed by atoms with Gasteiger partial charge in [0.25, 0.3) is 0 Å². The molecular formula is C6H7Cl2O2P. The maximum absolute atomic E-state index is 9.30. The van der Waals surface area contributed by atoms with Crippen LogP contribution in [0, 0.1) is 0 Å². The molecule has 1 rings (SSSR count). The van der Waals surface area contributed by atoms with E-state index in [4.69, 9.17) is 4.89 Å². The average Bonchev–Trinajstić information content (AvgIpc) is 1.88. The molecule has 2 nitrogen and oxygen atoms in total. The van der Waals surface area contributed by atoms with Crippen molar-refractivity contribution in [3.05, 3.63) is 36.4 Å². The molecule has 0 unspecified atom stereocenters. The molecule has 0 atom stereocenters. The summed E-state index contributed by atoms with van der Waals surface area (Å²) in [5, 5.41) is 0. The molecular weight excluding hydrogens is 206 g/mol. The summed E-state index contributed by atoms with van der Waals surface area (Å²) < 4.78 is 9.30. The Balaban J connectivity index is 0.000000187. The van der Waals surface area contributed by atoms with Gasteiger partial charge >= 0.3 is 6.07 Å². The van der Waals surface area contributed by atoms with Crippen molar-refractivity contribution >= 4 is 28.6 Å². The van der Waals surface area contributed by atoms with Crippen molar-refractivity contribution in [1.29, 1.82) is 0 Å². The summed E-state index contributed by atoms with van der Waals surface area (Å²) >= 11 is 8.81. The fourth-order valence-electron chi connectivity index (χ4n) is 0.385. The lowest BCUT2D eigenvalue weighted by atomic mass is 10.4. The lowest BCUT2D eigenvalue weighted by Gasteiger charge is -1.77. The van der Waals surface area contributed by atoms with Crippen LogP contribution in [0.3, 0.4) is 0 Å². The largest absolute Gasteiger partial charge is 0.377 e. The SMILES string of the molecule is O=P(O)(Cl)Cl.c1ccccc1. The van der Waals surface area contributed by atoms with E-state index in [1.54, 1.807) is 0 Å². The fraction of sp³-hybridized carbons (Fsp3) is 0. The smallest absolute Gasteiger partial charge is 0.322 e. The summed E-state index contributed by atoms with van der Waals surface area (Å²) in [5.41, 5.74) is 0. The minimum atomic E-state index is -3.69. The number of hydrogen-bond donors (Lipinski definition) is 1. The minimum Gasteiger partial charge on any atom is -0.322 e. The molecule has 0 aliphatic carbocycles. The van der Waals surface area contributed by atoms with E-state index < -0.39 is 6.07 Å². The van der Waals surface area contributed by atoms with E-state index in [0.717, 1.165) is 0 Å². The lowest BCUT2D eigenvalue weighted by Crippen LogP contribution is -1.47. The lowest BCUT2D eigenvalue weighted by molar-refractivity contribution is 0.512. The zero-order chi connectivity index (χ0) is 8.74. The first-order chi connectivity index (χ1) is 5.00. The molecule has 62 valence electrons. The molecule has 5 heteroatoms. The molecule has 0 saturated carbocycles. The normalized spacial score (nSPS) is 9.73. The van der Waals surface area contributed by atoms with Crippen LogP contribution in [0.1, 0.15) is 0 Å². The van der Waals surface area contributed by atoms with Crippen LogP contribution in [-0.4, -0.2) is 4.89 Å². The molecule has 0 fully saturated rings. The van der Waals surface area contributed by atoms with Crippen molar-refractivity contribution in [2.45, 2.75) is 0 Å². The van der Waals surface area contributed by atoms with E-state index in [1.165, 1.54) is 0 Å². The van der Waals surface area contributed by atoms with E-state index in [9.17, 15) is 4.57 Å². The summed E-state index contributed by atoms with van der Waals surface area (Å²) in [6, 6.07) is 12.0. The van der Waals surface area contributed by atoms with Crippen LogP contribution < -0.4 is 0 Å². The maximum Gasteiger partial charge on any atom is 0.377 e. The number of rotatable bonds is 0. The van der Waals surface area contributed by atoms with Gasteiger partial charge in [-0.1, -0.05) is 36.4 Å². The average molecular weight is 213 g/mol. The van der Waals surface area contributed by atoms with E-state index in [2.05, 4.69) is 22.5 Å². The molecule has 0 saturated heterocycles. The highest BCUT2D eigenvalue weighted by Gasteiger charge is 2.02. The van der Waals surface area contributed by atoms with Gasteiger partial charge in [-0.25, -0.2) is 0 Å². The molecule has 1 aromatic rings. The van der Waals surface area contributed by atoms with Crippen molar-refractivity contribution < 1.29 is 9.46 Å². The molecule has 0 spiro atoms. The second-order valence-electron chi connectivity index (χ2n) is 1.59. The van der Waals surface area contributed by atoms with Crippen LogP contribution in [0.25, 0.3) is 0 Å². The van der Waals surface area contributed by atoms with Crippen molar-refractivity contribution in [3.8, 4) is 0 Å². The van der Waals surface area contributed by atoms with Gasteiger partial charge in [-0.3, -0.25) is 4.57 Å². The summed E-state index contributed by atoms with van der Waals surface area (Å²) in [6.45, 7) is 0. The third kappa shape index (κ3) is 17.8. The third-order valence-electron chi connectivity index (χ3n) is 0.667. The Morgan fingerprint density at radius 1 is 0.909 bits per heavy atom. The van der Waals surface area contributed by atoms with Gasteiger partial charge in [0, 0.05) is 0 Å². The van der Waals surface area contributed by atoms with Gasteiger partial charge in [-0.05, 0) is 22.5 Å². The Bertz CT molecular complexity index is 186. The van der Waals surface area contributed by atoms with Gasteiger partial charge in [0.2, 0.25) is 0 Å². The quantitative estimate of drug-likeness (QED) is 0.671. The summed E-state index contributed by atoms with van der Waals surface area (Å²) in [6.07, 6.45) is -3.69. The van der Waals surface area contributed by atoms with Crippen molar-refractivity contribution in [3.63, 3.8) is 0 Å². The zero-order valence-corrected chi connectivity index (χ0v) is 7.93. The maximum atomic E-state index is 9.30. The molecule has 0 heterocycles. The summed E-state index contributed by atoms with van der Waals surface area (Å²) in [7, 11) is 0. The number of halogens is 2. The highest BCUT2D eigenvalue weighted by molar-refractivity contribution is 8.04. The summed E-state index contributed by atoms with van der Waals surface area (Å²) in [4.78, 5) is 7.61. The molecule has 1 aromatic carbocycles. The Morgan fingerprint density at radius 2 is 1.00 bits per heavy atom. The predicted molar refractivity (Wildman–Crippen MR) is 48.0 cm³/mol. The Kier molecular flexibility index (Phi) is 5.61. The highest BCUT2D eigenvalue weighted by Crippen LogP contribution is 2.51. The molecule has 1 N–H and O–H groups in total. The second kappa shape index (κ2) is 5.62. The second-order valence-corrected chi connectivity index (χ2v) is 5.73. The van der Waals surface area contributed by atoms with Crippen LogP contribution in [0.5, 0.6) is 0 Å². The van der Waals surface area contributed by atoms with Gasteiger partial charge in [-0.2, -0.15) is 0 Å². The van der Waals surface area contributed by atoms with Gasteiger partial charge in [-0.15, -0.1) is 0 Å². The Morgan fingerprint density at radius 3 is 1.09 bits per heavy atom. The van der Waals surface area contributed by atoms with Crippen LogP contribution in [0.15, 0.2) is 36.4 Å². The predicted octanol–water partition coefficient (Wildman–Crippen LogP) is 3.25. The number of hydrogen-bond acceptors (Lipinski definition) is 1. The van der Waals surface area contributed by atoms with E-state index in [-0.39, 0.29) is 0 Å². The van der Waals surface area contributed by atoms with E-state index >= 15 is 0 Å². The first-order valence-electron chi connectivity index (χ1n) is 2.72. The van der Waals surface area contributed by atoms with Gasteiger partial charge in [0.05, 0.1) is 0 Å². The molecule has 0 amide bonds. The highest BCUT2D eigenvalue weighted by atomic mass is 35.9. The Labute approximate surface area is 74.8 Å². The van der Waals surface area contributed by atoms with Crippen LogP contribution in [0.2, 0.25) is 0 Å². The van der Waals surface area contributed by atoms with Gasteiger partial charge in [0.1, 0.15) is 0 Å². The molecule has 0 bridgehead atoms. The molecule has 0 aliphatic rings. The summed E-state index contributed by atoms with van der Waals surface area (Å²) in [5.74, 6) is 0. The fourth-order valence-corrected chi connectivity index (χ4v) is 0.385. The van der Waals surface area contributed by atoms with Crippen LogP contribution in [-0.2, 0) is 4.57 Å². The van der Waals surface area contributed by atoms with E-state index in [1.807, 2.05) is 36.4 Å². The first-order valence-corrected chi connectivity index (χ1v) is 6.19. The van der Waals surface area contributed by atoms with Crippen LogP contribution >= 0.6 is 28.6 Å². The van der Waals surface area contributed by atoms with Gasteiger partial charge in [0.15, 0.2) is 0 Å². The molecule has 0 aliphatic heterocycles. The molecule has 0 radical (unpaired) electrons. The monoisotopic (exact) mass is 212 g/mol. The minimum absolute atomic E-state index is 2.00. The van der Waals surface area contributed by atoms with Crippen molar-refractivity contribution in [1.82, 2.24) is 0 Å². The molecule has 11 heavy (non-hydrogen) atoms. The zero-order valence-electron chi connectivity index (χ0n) is 5.52.